The molecule has 0 radical (unpaired) electrons. The third kappa shape index (κ3) is 4.06. The summed E-state index contributed by atoms with van der Waals surface area (Å²) in [5.74, 6) is 0.184. The summed E-state index contributed by atoms with van der Waals surface area (Å²) in [5.41, 5.74) is 7.25. The van der Waals surface area contributed by atoms with Gasteiger partial charge in [-0.2, -0.15) is 0 Å². The lowest BCUT2D eigenvalue weighted by atomic mass is 9.86. The summed E-state index contributed by atoms with van der Waals surface area (Å²) < 4.78 is 0. The first-order valence-corrected chi connectivity index (χ1v) is 6.50. The van der Waals surface area contributed by atoms with E-state index in [9.17, 15) is 4.79 Å². The van der Waals surface area contributed by atoms with Gasteiger partial charge in [-0.05, 0) is 35.8 Å². The second-order valence-electron chi connectivity index (χ2n) is 5.58. The van der Waals surface area contributed by atoms with Crippen molar-refractivity contribution >= 4 is 17.1 Å². The highest BCUT2D eigenvalue weighted by molar-refractivity contribution is 7.12. The van der Waals surface area contributed by atoms with E-state index < -0.39 is 0 Å². The van der Waals surface area contributed by atoms with E-state index in [0.717, 1.165) is 16.9 Å². The number of hydrogen-bond donors (Lipinski definition) is 1. The average molecular weight is 239 g/mol. The minimum atomic E-state index is -0.0333. The number of carbonyl (C=O) groups excluding carboxylic acids is 1. The Kier molecular flexibility index (Phi) is 4.28. The fourth-order valence-corrected chi connectivity index (χ4v) is 2.72. The van der Waals surface area contributed by atoms with E-state index in [-0.39, 0.29) is 17.2 Å². The van der Waals surface area contributed by atoms with E-state index in [1.807, 2.05) is 18.4 Å². The molecule has 0 aliphatic rings. The Morgan fingerprint density at radius 3 is 2.56 bits per heavy atom. The van der Waals surface area contributed by atoms with Crippen LogP contribution in [-0.4, -0.2) is 11.8 Å². The third-order valence-electron chi connectivity index (χ3n) is 2.44. The van der Waals surface area contributed by atoms with Gasteiger partial charge in [-0.25, -0.2) is 0 Å². The van der Waals surface area contributed by atoms with Crippen molar-refractivity contribution in [3.63, 3.8) is 0 Å². The van der Waals surface area contributed by atoms with Crippen molar-refractivity contribution in [1.82, 2.24) is 0 Å². The van der Waals surface area contributed by atoms with Crippen molar-refractivity contribution in [2.75, 3.05) is 0 Å². The normalized spacial score (nSPS) is 13.8. The number of nitrogens with two attached hydrogens (primary N) is 1. The molecule has 0 aliphatic heterocycles. The lowest BCUT2D eigenvalue weighted by molar-refractivity contribution is 0.0971. The molecule has 16 heavy (non-hydrogen) atoms. The van der Waals surface area contributed by atoms with Gasteiger partial charge in [0.1, 0.15) is 0 Å². The Hall–Kier alpha value is -0.670. The molecule has 0 saturated carbocycles. The molecule has 2 nitrogen and oxygen atoms in total. The number of Topliss-reactive ketones (excluding diaryl/α,β-unsaturated/α-hetero) is 1. The molecule has 1 unspecified atom stereocenters. The van der Waals surface area contributed by atoms with Crippen LogP contribution in [-0.2, 0) is 0 Å². The summed E-state index contributed by atoms with van der Waals surface area (Å²) >= 11 is 1.51. The van der Waals surface area contributed by atoms with Crippen LogP contribution in [0.2, 0.25) is 0 Å². The van der Waals surface area contributed by atoms with E-state index in [4.69, 9.17) is 5.73 Å². The number of hydrogen-bond acceptors (Lipinski definition) is 3. The van der Waals surface area contributed by atoms with Gasteiger partial charge in [-0.1, -0.05) is 20.8 Å². The maximum atomic E-state index is 12.0. The molecule has 1 aromatic heterocycles. The summed E-state index contributed by atoms with van der Waals surface area (Å²) in [6, 6.07) is 1.95. The van der Waals surface area contributed by atoms with Crippen molar-refractivity contribution in [2.45, 2.75) is 46.6 Å². The first-order valence-electron chi connectivity index (χ1n) is 5.62. The lowest BCUT2D eigenvalue weighted by Gasteiger charge is -2.22. The Morgan fingerprint density at radius 2 is 2.12 bits per heavy atom. The van der Waals surface area contributed by atoms with Crippen LogP contribution in [0.1, 0.15) is 48.8 Å². The Labute approximate surface area is 102 Å². The SMILES string of the molecule is Cc1ccsc1C(=O)CC(N)CC(C)(C)C. The maximum absolute atomic E-state index is 12.0. The van der Waals surface area contributed by atoms with Crippen LogP contribution in [0.25, 0.3) is 0 Å². The van der Waals surface area contributed by atoms with E-state index in [1.165, 1.54) is 11.3 Å². The molecule has 0 fully saturated rings. The number of rotatable bonds is 4. The Balaban J connectivity index is 2.56. The van der Waals surface area contributed by atoms with E-state index in [2.05, 4.69) is 20.8 Å². The van der Waals surface area contributed by atoms with Gasteiger partial charge >= 0.3 is 0 Å². The molecule has 0 spiro atoms. The summed E-state index contributed by atoms with van der Waals surface area (Å²) in [4.78, 5) is 12.8. The van der Waals surface area contributed by atoms with Crippen molar-refractivity contribution in [3.8, 4) is 0 Å². The number of carbonyl (C=O) groups is 1. The van der Waals surface area contributed by atoms with Gasteiger partial charge in [-0.15, -0.1) is 11.3 Å². The summed E-state index contributed by atoms with van der Waals surface area (Å²) in [6.45, 7) is 8.41. The van der Waals surface area contributed by atoms with E-state index in [0.29, 0.717) is 6.42 Å². The van der Waals surface area contributed by atoms with Crippen LogP contribution in [0.15, 0.2) is 11.4 Å². The molecule has 3 heteroatoms. The highest BCUT2D eigenvalue weighted by atomic mass is 32.1. The molecule has 0 bridgehead atoms. The molecule has 2 N–H and O–H groups in total. The maximum Gasteiger partial charge on any atom is 0.174 e. The zero-order valence-corrected chi connectivity index (χ0v) is 11.4. The van der Waals surface area contributed by atoms with Gasteiger partial charge in [0.25, 0.3) is 0 Å². The van der Waals surface area contributed by atoms with Crippen LogP contribution >= 0.6 is 11.3 Å². The van der Waals surface area contributed by atoms with Gasteiger partial charge in [0.05, 0.1) is 4.88 Å². The molecular weight excluding hydrogens is 218 g/mol. The molecule has 1 aromatic rings. The highest BCUT2D eigenvalue weighted by Crippen LogP contribution is 2.23. The van der Waals surface area contributed by atoms with Crippen LogP contribution < -0.4 is 5.73 Å². The van der Waals surface area contributed by atoms with E-state index >= 15 is 0 Å². The summed E-state index contributed by atoms with van der Waals surface area (Å²) in [6.07, 6.45) is 1.34. The second kappa shape index (κ2) is 5.11. The second-order valence-corrected chi connectivity index (χ2v) is 6.50. The van der Waals surface area contributed by atoms with Crippen LogP contribution in [0, 0.1) is 12.3 Å². The minimum Gasteiger partial charge on any atom is -0.327 e. The monoisotopic (exact) mass is 239 g/mol. The van der Waals surface area contributed by atoms with E-state index in [1.54, 1.807) is 0 Å². The fraction of sp³-hybridized carbons (Fsp3) is 0.615. The van der Waals surface area contributed by atoms with Gasteiger partial charge < -0.3 is 5.73 Å². The quantitative estimate of drug-likeness (QED) is 0.818. The molecule has 0 saturated heterocycles. The van der Waals surface area contributed by atoms with Gasteiger partial charge in [0, 0.05) is 12.5 Å². The fourth-order valence-electron chi connectivity index (χ4n) is 1.85. The van der Waals surface area contributed by atoms with Gasteiger partial charge in [0.15, 0.2) is 5.78 Å². The van der Waals surface area contributed by atoms with Crippen LogP contribution in [0.5, 0.6) is 0 Å². The first-order chi connectivity index (χ1) is 7.29. The molecule has 0 aromatic carbocycles. The topological polar surface area (TPSA) is 43.1 Å². The van der Waals surface area contributed by atoms with Gasteiger partial charge in [0.2, 0.25) is 0 Å². The predicted octanol–water partition coefficient (Wildman–Crippen LogP) is 3.39. The summed E-state index contributed by atoms with van der Waals surface area (Å²) in [5, 5.41) is 1.96. The average Bonchev–Trinajstić information content (AvgIpc) is 2.47. The Morgan fingerprint density at radius 1 is 1.50 bits per heavy atom. The molecule has 0 aliphatic carbocycles. The van der Waals surface area contributed by atoms with Crippen molar-refractivity contribution in [1.29, 1.82) is 0 Å². The largest absolute Gasteiger partial charge is 0.327 e. The number of thiophene rings is 1. The zero-order chi connectivity index (χ0) is 12.3. The number of ketones is 1. The number of aryl methyl sites for hydroxylation is 1. The zero-order valence-electron chi connectivity index (χ0n) is 10.5. The van der Waals surface area contributed by atoms with Crippen molar-refractivity contribution < 1.29 is 4.79 Å². The molecule has 0 amide bonds. The van der Waals surface area contributed by atoms with Gasteiger partial charge in [-0.3, -0.25) is 4.79 Å². The molecule has 90 valence electrons. The third-order valence-corrected chi connectivity index (χ3v) is 3.50. The lowest BCUT2D eigenvalue weighted by Crippen LogP contribution is -2.28. The van der Waals surface area contributed by atoms with Crippen molar-refractivity contribution in [3.05, 3.63) is 21.9 Å². The standard InChI is InChI=1S/C13H21NOS/c1-9-5-6-16-12(9)11(15)7-10(14)8-13(2,3)4/h5-6,10H,7-8,14H2,1-4H3. The summed E-state index contributed by atoms with van der Waals surface area (Å²) in [7, 11) is 0. The minimum absolute atomic E-state index is 0.0333. The molecular formula is C13H21NOS. The predicted molar refractivity (Wildman–Crippen MR) is 70.1 cm³/mol. The first kappa shape index (κ1) is 13.4. The Bertz CT molecular complexity index is 362. The van der Waals surface area contributed by atoms with Crippen LogP contribution in [0.4, 0.5) is 0 Å². The van der Waals surface area contributed by atoms with Crippen molar-refractivity contribution in [2.24, 2.45) is 11.1 Å². The molecule has 1 atom stereocenters. The smallest absolute Gasteiger partial charge is 0.174 e. The molecule has 1 heterocycles. The van der Waals surface area contributed by atoms with Crippen LogP contribution in [0.3, 0.4) is 0 Å². The molecule has 1 rings (SSSR count). The highest BCUT2D eigenvalue weighted by Gasteiger charge is 2.20.